The van der Waals surface area contributed by atoms with Crippen LogP contribution in [0.25, 0.3) is 0 Å². The quantitative estimate of drug-likeness (QED) is 0.263. The van der Waals surface area contributed by atoms with E-state index in [9.17, 15) is 37.3 Å². The van der Waals surface area contributed by atoms with Crippen LogP contribution in [-0.2, 0) is 9.59 Å². The normalized spacial score (nSPS) is 14.3. The molecule has 0 unspecified atom stereocenters. The van der Waals surface area contributed by atoms with Crippen molar-refractivity contribution in [1.82, 2.24) is 0 Å². The minimum absolute atomic E-state index is 0.178. The standard InChI is InChI=1S/C24H17F4N3O8/c25-13-2-4-15-23(21(13)27)36-7-8-37-24-16(5-3-14(26)22(24)28)30-20(33)11-39-18-9-12(31(34)35)1-6-17(18)38-10-19(32)29-15/h1-6,9H,7-8,10-11H2,(H,29,32)(H,30,33). The molecule has 0 spiro atoms. The molecule has 11 nitrogen and oxygen atoms in total. The van der Waals surface area contributed by atoms with Gasteiger partial charge in [-0.3, -0.25) is 19.7 Å². The Kier molecular flexibility index (Phi) is 7.98. The number of nitro benzene ring substituents is 1. The van der Waals surface area contributed by atoms with Crippen LogP contribution >= 0.6 is 0 Å². The molecule has 0 radical (unpaired) electrons. The van der Waals surface area contributed by atoms with E-state index in [1.54, 1.807) is 0 Å². The lowest BCUT2D eigenvalue weighted by molar-refractivity contribution is -0.385. The topological polar surface area (TPSA) is 138 Å². The second-order valence-corrected chi connectivity index (χ2v) is 7.73. The van der Waals surface area contributed by atoms with Crippen molar-refractivity contribution < 1.29 is 51.0 Å². The van der Waals surface area contributed by atoms with Gasteiger partial charge in [0.1, 0.15) is 13.2 Å². The molecule has 2 N–H and O–H groups in total. The summed E-state index contributed by atoms with van der Waals surface area (Å²) >= 11 is 0. The molecule has 0 fully saturated rings. The number of nitrogens with zero attached hydrogens (tertiary/aromatic N) is 1. The highest BCUT2D eigenvalue weighted by Crippen LogP contribution is 2.34. The van der Waals surface area contributed by atoms with Crippen molar-refractivity contribution in [3.05, 3.63) is 75.8 Å². The van der Waals surface area contributed by atoms with E-state index in [0.717, 1.165) is 42.5 Å². The minimum atomic E-state index is -1.46. The highest BCUT2D eigenvalue weighted by Gasteiger charge is 2.21. The molecule has 0 aliphatic carbocycles. The number of benzene rings is 3. The Morgan fingerprint density at radius 2 is 1.18 bits per heavy atom. The Hall–Kier alpha value is -5.08. The summed E-state index contributed by atoms with van der Waals surface area (Å²) < 4.78 is 77.7. The first-order chi connectivity index (χ1) is 18.6. The van der Waals surface area contributed by atoms with Crippen LogP contribution in [0.3, 0.4) is 0 Å². The van der Waals surface area contributed by atoms with Crippen LogP contribution in [0.1, 0.15) is 0 Å². The number of rotatable bonds is 1. The summed E-state index contributed by atoms with van der Waals surface area (Å²) in [5, 5.41) is 15.7. The van der Waals surface area contributed by atoms with E-state index in [0.29, 0.717) is 0 Å². The molecule has 1 aliphatic rings. The van der Waals surface area contributed by atoms with E-state index < -0.39 is 83.6 Å². The zero-order chi connectivity index (χ0) is 28.1. The van der Waals surface area contributed by atoms with E-state index in [-0.39, 0.29) is 22.9 Å². The fraction of sp³-hybridized carbons (Fsp3) is 0.167. The molecular weight excluding hydrogens is 534 g/mol. The number of non-ortho nitro benzene ring substituents is 1. The Morgan fingerprint density at radius 1 is 0.692 bits per heavy atom. The van der Waals surface area contributed by atoms with E-state index in [4.69, 9.17) is 18.9 Å². The summed E-state index contributed by atoms with van der Waals surface area (Å²) in [5.41, 5.74) is -1.01. The molecule has 2 amide bonds. The first-order valence-electron chi connectivity index (χ1n) is 11.0. The van der Waals surface area contributed by atoms with Crippen molar-refractivity contribution >= 4 is 28.9 Å². The number of hydrogen-bond acceptors (Lipinski definition) is 8. The third kappa shape index (κ3) is 6.26. The lowest BCUT2D eigenvalue weighted by atomic mass is 10.2. The van der Waals surface area contributed by atoms with Crippen molar-refractivity contribution in [2.24, 2.45) is 0 Å². The monoisotopic (exact) mass is 551 g/mol. The molecule has 1 heterocycles. The predicted octanol–water partition coefficient (Wildman–Crippen LogP) is 3.96. The molecular formula is C24H17F4N3O8. The SMILES string of the molecule is O=C1COc2ccc([N+](=O)[O-])cc2OCC(=O)Nc2ccc(F)c(F)c2OCCOc2c(ccc(F)c2F)N1. The summed E-state index contributed by atoms with van der Waals surface area (Å²) in [6.45, 7) is -2.51. The number of nitro groups is 1. The number of halogens is 4. The first-order valence-corrected chi connectivity index (χ1v) is 11.0. The van der Waals surface area contributed by atoms with Gasteiger partial charge in [-0.05, 0) is 30.3 Å². The lowest BCUT2D eigenvalue weighted by Gasteiger charge is -2.17. The summed E-state index contributed by atoms with van der Waals surface area (Å²) in [6.07, 6.45) is 0. The molecule has 0 bridgehead atoms. The van der Waals surface area contributed by atoms with Crippen molar-refractivity contribution in [2.75, 3.05) is 37.1 Å². The third-order valence-electron chi connectivity index (χ3n) is 5.08. The number of carbonyl (C=O) groups is 2. The highest BCUT2D eigenvalue weighted by atomic mass is 19.2. The lowest BCUT2D eigenvalue weighted by Crippen LogP contribution is -2.23. The number of hydrogen-bond donors (Lipinski definition) is 2. The summed E-state index contributed by atoms with van der Waals surface area (Å²) in [7, 11) is 0. The van der Waals surface area contributed by atoms with Crippen molar-refractivity contribution in [2.45, 2.75) is 0 Å². The summed E-state index contributed by atoms with van der Waals surface area (Å²) in [4.78, 5) is 35.4. The zero-order valence-electron chi connectivity index (χ0n) is 19.6. The van der Waals surface area contributed by atoms with Crippen LogP contribution in [0.15, 0.2) is 42.5 Å². The molecule has 204 valence electrons. The number of nitrogens with one attached hydrogen (secondary N) is 2. The van der Waals surface area contributed by atoms with Gasteiger partial charge in [-0.25, -0.2) is 8.78 Å². The van der Waals surface area contributed by atoms with E-state index in [1.807, 2.05) is 0 Å². The largest absolute Gasteiger partial charge is 0.485 e. The zero-order valence-corrected chi connectivity index (χ0v) is 19.6. The van der Waals surface area contributed by atoms with Gasteiger partial charge in [0.05, 0.1) is 22.4 Å². The van der Waals surface area contributed by atoms with Gasteiger partial charge in [-0.15, -0.1) is 0 Å². The smallest absolute Gasteiger partial charge is 0.273 e. The molecule has 4 rings (SSSR count). The van der Waals surface area contributed by atoms with Gasteiger partial charge in [-0.1, -0.05) is 0 Å². The molecule has 0 saturated carbocycles. The molecule has 15 heteroatoms. The van der Waals surface area contributed by atoms with Crippen molar-refractivity contribution in [3.63, 3.8) is 0 Å². The molecule has 39 heavy (non-hydrogen) atoms. The maximum absolute atomic E-state index is 14.5. The number of amides is 2. The van der Waals surface area contributed by atoms with E-state index >= 15 is 0 Å². The first kappa shape index (κ1) is 27.0. The second kappa shape index (κ2) is 11.5. The minimum Gasteiger partial charge on any atom is -0.485 e. The van der Waals surface area contributed by atoms with Gasteiger partial charge in [-0.2, -0.15) is 8.78 Å². The second-order valence-electron chi connectivity index (χ2n) is 7.73. The van der Waals surface area contributed by atoms with Gasteiger partial charge in [0.25, 0.3) is 17.5 Å². The van der Waals surface area contributed by atoms with Crippen LogP contribution in [0, 0.1) is 33.4 Å². The summed E-state index contributed by atoms with van der Waals surface area (Å²) in [5.74, 6) is -9.17. The van der Waals surface area contributed by atoms with Crippen LogP contribution < -0.4 is 29.6 Å². The Labute approximate surface area is 216 Å². The van der Waals surface area contributed by atoms with Crippen molar-refractivity contribution in [1.29, 1.82) is 0 Å². The van der Waals surface area contributed by atoms with Crippen LogP contribution in [0.5, 0.6) is 23.0 Å². The molecule has 0 aromatic heterocycles. The Balaban J connectivity index is 1.70. The molecule has 1 aliphatic heterocycles. The van der Waals surface area contributed by atoms with Gasteiger partial charge in [0.15, 0.2) is 47.8 Å². The number of carbonyl (C=O) groups excluding carboxylic acids is 2. The van der Waals surface area contributed by atoms with Gasteiger partial charge in [0.2, 0.25) is 11.6 Å². The third-order valence-corrected chi connectivity index (χ3v) is 5.08. The maximum atomic E-state index is 14.5. The number of ether oxygens (including phenoxy) is 4. The van der Waals surface area contributed by atoms with Gasteiger partial charge >= 0.3 is 0 Å². The highest BCUT2D eigenvalue weighted by molar-refractivity contribution is 5.94. The predicted molar refractivity (Wildman–Crippen MR) is 125 cm³/mol. The van der Waals surface area contributed by atoms with Crippen molar-refractivity contribution in [3.8, 4) is 23.0 Å². The van der Waals surface area contributed by atoms with Crippen LogP contribution in [-0.4, -0.2) is 43.2 Å². The fourth-order valence-corrected chi connectivity index (χ4v) is 3.33. The van der Waals surface area contributed by atoms with Gasteiger partial charge < -0.3 is 29.6 Å². The molecule has 0 atom stereocenters. The molecule has 3 aromatic rings. The van der Waals surface area contributed by atoms with E-state index in [1.165, 1.54) is 0 Å². The molecule has 0 saturated heterocycles. The molecule has 3 aromatic carbocycles. The van der Waals surface area contributed by atoms with Gasteiger partial charge in [0, 0.05) is 6.07 Å². The number of anilines is 2. The number of fused-ring (bicyclic) bond motifs is 3. The van der Waals surface area contributed by atoms with E-state index in [2.05, 4.69) is 10.6 Å². The fourth-order valence-electron chi connectivity index (χ4n) is 3.33. The average Bonchev–Trinajstić information content (AvgIpc) is 2.90. The maximum Gasteiger partial charge on any atom is 0.273 e. The average molecular weight is 551 g/mol. The Bertz CT molecular complexity index is 1450. The Morgan fingerprint density at radius 3 is 1.67 bits per heavy atom. The van der Waals surface area contributed by atoms with Crippen LogP contribution in [0.2, 0.25) is 0 Å². The summed E-state index contributed by atoms with van der Waals surface area (Å²) in [6, 6.07) is 6.60. The van der Waals surface area contributed by atoms with Crippen LogP contribution in [0.4, 0.5) is 34.6 Å².